The Bertz CT molecular complexity index is 950. The van der Waals surface area contributed by atoms with E-state index in [0.717, 1.165) is 17.0 Å². The van der Waals surface area contributed by atoms with E-state index in [4.69, 9.17) is 4.74 Å². The van der Waals surface area contributed by atoms with Gasteiger partial charge in [-0.25, -0.2) is 9.67 Å². The summed E-state index contributed by atoms with van der Waals surface area (Å²) in [6.45, 7) is 8.42. The number of nitrogens with zero attached hydrogens (tertiary/aromatic N) is 4. The minimum absolute atomic E-state index is 0.0122. The largest absolute Gasteiger partial charge is 0.484 e. The van der Waals surface area contributed by atoms with Gasteiger partial charge >= 0.3 is 0 Å². The number of hydrogen-bond acceptors (Lipinski definition) is 4. The Hall–Kier alpha value is -3.15. The molecule has 1 heterocycles. The number of aryl methyl sites for hydroxylation is 1. The number of rotatable bonds is 7. The molecule has 0 N–H and O–H groups in total. The molecule has 3 rings (SSSR count). The van der Waals surface area contributed by atoms with E-state index in [0.29, 0.717) is 5.92 Å². The number of likely N-dealkylation sites (N-methyl/N-ethyl adjacent to an activating group) is 1. The number of benzene rings is 2. The first-order valence-corrected chi connectivity index (χ1v) is 9.80. The molecule has 1 unspecified atom stereocenters. The number of carbonyl (C=O) groups is 1. The summed E-state index contributed by atoms with van der Waals surface area (Å²) < 4.78 is 7.45. The Morgan fingerprint density at radius 2 is 1.86 bits per heavy atom. The molecule has 1 amide bonds. The highest BCUT2D eigenvalue weighted by Crippen LogP contribution is 2.24. The zero-order valence-electron chi connectivity index (χ0n) is 17.7. The maximum absolute atomic E-state index is 12.6. The predicted molar refractivity (Wildman–Crippen MR) is 113 cm³/mol. The molecule has 0 saturated heterocycles. The van der Waals surface area contributed by atoms with Gasteiger partial charge in [0.15, 0.2) is 6.61 Å². The van der Waals surface area contributed by atoms with E-state index in [2.05, 4.69) is 36.9 Å². The molecule has 0 aliphatic rings. The lowest BCUT2D eigenvalue weighted by atomic mass is 9.98. The molecule has 2 aromatic carbocycles. The van der Waals surface area contributed by atoms with Gasteiger partial charge < -0.3 is 9.64 Å². The first-order chi connectivity index (χ1) is 13.9. The predicted octanol–water partition coefficient (Wildman–Crippen LogP) is 4.30. The molecular formula is C23H28N4O2. The van der Waals surface area contributed by atoms with Crippen molar-refractivity contribution in [2.75, 3.05) is 13.7 Å². The van der Waals surface area contributed by atoms with Crippen molar-refractivity contribution in [3.05, 3.63) is 71.8 Å². The smallest absolute Gasteiger partial charge is 0.260 e. The van der Waals surface area contributed by atoms with E-state index >= 15 is 0 Å². The van der Waals surface area contributed by atoms with Crippen LogP contribution in [0.2, 0.25) is 0 Å². The van der Waals surface area contributed by atoms with Crippen LogP contribution in [0.25, 0.3) is 5.69 Å². The van der Waals surface area contributed by atoms with Crippen molar-refractivity contribution < 1.29 is 9.53 Å². The highest BCUT2D eigenvalue weighted by atomic mass is 16.5. The molecule has 0 bridgehead atoms. The van der Waals surface area contributed by atoms with E-state index in [1.54, 1.807) is 23.0 Å². The van der Waals surface area contributed by atoms with Gasteiger partial charge in [-0.15, -0.1) is 0 Å². The van der Waals surface area contributed by atoms with Crippen LogP contribution in [0.5, 0.6) is 5.75 Å². The molecule has 0 aliphatic carbocycles. The molecular weight excluding hydrogens is 364 g/mol. The molecule has 0 spiro atoms. The quantitative estimate of drug-likeness (QED) is 0.602. The van der Waals surface area contributed by atoms with Gasteiger partial charge in [-0.3, -0.25) is 4.79 Å². The number of ether oxygens (including phenoxy) is 1. The van der Waals surface area contributed by atoms with Crippen LogP contribution in [0.4, 0.5) is 0 Å². The monoisotopic (exact) mass is 392 g/mol. The lowest BCUT2D eigenvalue weighted by Gasteiger charge is -2.25. The molecule has 1 aromatic heterocycles. The first kappa shape index (κ1) is 20.6. The molecule has 3 aromatic rings. The lowest BCUT2D eigenvalue weighted by Crippen LogP contribution is -2.33. The molecule has 0 radical (unpaired) electrons. The summed E-state index contributed by atoms with van der Waals surface area (Å²) in [4.78, 5) is 18.3. The van der Waals surface area contributed by atoms with Crippen LogP contribution >= 0.6 is 0 Å². The molecule has 0 saturated carbocycles. The van der Waals surface area contributed by atoms with Crippen LogP contribution in [0.1, 0.15) is 49.4 Å². The molecule has 29 heavy (non-hydrogen) atoms. The van der Waals surface area contributed by atoms with Gasteiger partial charge in [-0.1, -0.05) is 32.0 Å². The maximum Gasteiger partial charge on any atom is 0.260 e. The van der Waals surface area contributed by atoms with Gasteiger partial charge in [-0.05, 0) is 60.7 Å². The second-order valence-electron chi connectivity index (χ2n) is 7.57. The molecule has 6 nitrogen and oxygen atoms in total. The summed E-state index contributed by atoms with van der Waals surface area (Å²) >= 11 is 0. The Morgan fingerprint density at radius 1 is 1.14 bits per heavy atom. The van der Waals surface area contributed by atoms with Crippen molar-refractivity contribution in [3.63, 3.8) is 0 Å². The van der Waals surface area contributed by atoms with E-state index in [-0.39, 0.29) is 18.6 Å². The summed E-state index contributed by atoms with van der Waals surface area (Å²) in [7, 11) is 1.80. The summed E-state index contributed by atoms with van der Waals surface area (Å²) in [5.74, 6) is 1.12. The summed E-state index contributed by atoms with van der Waals surface area (Å²) in [6.07, 6.45) is 3.15. The SMILES string of the molecule is Cc1cc(OCC(=O)N(C)C(C)c2ccc(-n3cncn3)cc2)ccc1C(C)C. The van der Waals surface area contributed by atoms with Gasteiger partial charge in [-0.2, -0.15) is 5.10 Å². The van der Waals surface area contributed by atoms with Gasteiger partial charge in [0, 0.05) is 7.05 Å². The zero-order valence-corrected chi connectivity index (χ0v) is 17.7. The number of aromatic nitrogens is 3. The van der Waals surface area contributed by atoms with Crippen molar-refractivity contribution in [1.82, 2.24) is 19.7 Å². The van der Waals surface area contributed by atoms with Crippen molar-refractivity contribution in [3.8, 4) is 11.4 Å². The Balaban J connectivity index is 1.60. The molecule has 0 aliphatic heterocycles. The third kappa shape index (κ3) is 4.83. The summed E-state index contributed by atoms with van der Waals surface area (Å²) in [6, 6.07) is 13.9. The highest BCUT2D eigenvalue weighted by Gasteiger charge is 2.18. The maximum atomic E-state index is 12.6. The molecule has 6 heteroatoms. The van der Waals surface area contributed by atoms with Crippen molar-refractivity contribution in [1.29, 1.82) is 0 Å². The first-order valence-electron chi connectivity index (χ1n) is 9.80. The molecule has 1 atom stereocenters. The Labute approximate surface area is 172 Å². The minimum atomic E-state index is -0.0686. The second kappa shape index (κ2) is 8.90. The average molecular weight is 393 g/mol. The fourth-order valence-electron chi connectivity index (χ4n) is 3.32. The van der Waals surface area contributed by atoms with Crippen LogP contribution in [0.15, 0.2) is 55.1 Å². The highest BCUT2D eigenvalue weighted by molar-refractivity contribution is 5.78. The minimum Gasteiger partial charge on any atom is -0.484 e. The van der Waals surface area contributed by atoms with Crippen molar-refractivity contribution >= 4 is 5.91 Å². The number of amides is 1. The third-order valence-corrected chi connectivity index (χ3v) is 5.26. The van der Waals surface area contributed by atoms with Gasteiger partial charge in [0.2, 0.25) is 0 Å². The topological polar surface area (TPSA) is 60.2 Å². The van der Waals surface area contributed by atoms with Crippen LogP contribution < -0.4 is 4.74 Å². The van der Waals surface area contributed by atoms with Crippen LogP contribution in [-0.4, -0.2) is 39.2 Å². The average Bonchev–Trinajstić information content (AvgIpc) is 3.25. The second-order valence-corrected chi connectivity index (χ2v) is 7.57. The van der Waals surface area contributed by atoms with Gasteiger partial charge in [0.1, 0.15) is 18.4 Å². The lowest BCUT2D eigenvalue weighted by molar-refractivity contribution is -0.134. The third-order valence-electron chi connectivity index (χ3n) is 5.26. The fourth-order valence-corrected chi connectivity index (χ4v) is 3.32. The van der Waals surface area contributed by atoms with E-state index < -0.39 is 0 Å². The van der Waals surface area contributed by atoms with Crippen LogP contribution in [-0.2, 0) is 4.79 Å². The fraction of sp³-hybridized carbons (Fsp3) is 0.348. The standard InChI is InChI=1S/C23H28N4O2/c1-16(2)22-11-10-21(12-17(22)3)29-13-23(28)26(5)18(4)19-6-8-20(9-7-19)27-15-24-14-25-27/h6-12,14-16,18H,13H2,1-5H3. The van der Waals surface area contributed by atoms with E-state index in [1.807, 2.05) is 43.3 Å². The summed E-state index contributed by atoms with van der Waals surface area (Å²) in [5, 5.41) is 4.12. The van der Waals surface area contributed by atoms with Gasteiger partial charge in [0.25, 0.3) is 5.91 Å². The Kier molecular flexibility index (Phi) is 6.32. The van der Waals surface area contributed by atoms with Crippen molar-refractivity contribution in [2.24, 2.45) is 0 Å². The summed E-state index contributed by atoms with van der Waals surface area (Å²) in [5.41, 5.74) is 4.45. The number of hydrogen-bond donors (Lipinski definition) is 0. The van der Waals surface area contributed by atoms with Gasteiger partial charge in [0.05, 0.1) is 11.7 Å². The number of carbonyl (C=O) groups excluding carboxylic acids is 1. The van der Waals surface area contributed by atoms with E-state index in [9.17, 15) is 4.79 Å². The molecule has 152 valence electrons. The Morgan fingerprint density at radius 3 is 2.45 bits per heavy atom. The van der Waals surface area contributed by atoms with Crippen molar-refractivity contribution in [2.45, 2.75) is 39.7 Å². The van der Waals surface area contributed by atoms with E-state index in [1.165, 1.54) is 17.5 Å². The zero-order chi connectivity index (χ0) is 21.0. The van der Waals surface area contributed by atoms with Crippen LogP contribution in [0, 0.1) is 6.92 Å². The normalized spacial score (nSPS) is 12.1. The van der Waals surface area contributed by atoms with Crippen LogP contribution in [0.3, 0.4) is 0 Å². The molecule has 0 fully saturated rings.